The van der Waals surface area contributed by atoms with E-state index in [-0.39, 0.29) is 5.78 Å². The maximum atomic E-state index is 11.5. The van der Waals surface area contributed by atoms with E-state index in [1.807, 2.05) is 19.1 Å². The molecular formula is C15H18O2. The minimum atomic E-state index is 0.212. The van der Waals surface area contributed by atoms with Gasteiger partial charge in [0.2, 0.25) is 0 Å². The molecule has 1 aromatic rings. The molecule has 1 aromatic carbocycles. The van der Waals surface area contributed by atoms with Crippen LogP contribution in [-0.4, -0.2) is 12.4 Å². The van der Waals surface area contributed by atoms with Crippen LogP contribution in [0.4, 0.5) is 0 Å². The highest BCUT2D eigenvalue weighted by Gasteiger charge is 2.11. The summed E-state index contributed by atoms with van der Waals surface area (Å²) in [5.74, 6) is 1.22. The van der Waals surface area contributed by atoms with E-state index in [0.29, 0.717) is 6.42 Å². The monoisotopic (exact) mass is 230 g/mol. The standard InChI is InChI=1S/C15H18O2/c1-2-3-4-14(16)7-5-12-6-8-15-13(11-12)9-10-17-15/h3-4,6,8,11H,2,5,7,9-10H2,1H3/b4-3+. The van der Waals surface area contributed by atoms with Gasteiger partial charge in [0.05, 0.1) is 6.61 Å². The minimum absolute atomic E-state index is 0.212. The normalized spacial score (nSPS) is 13.7. The fourth-order valence-electron chi connectivity index (χ4n) is 2.00. The zero-order chi connectivity index (χ0) is 12.1. The van der Waals surface area contributed by atoms with Gasteiger partial charge in [-0.2, -0.15) is 0 Å². The van der Waals surface area contributed by atoms with E-state index >= 15 is 0 Å². The zero-order valence-electron chi connectivity index (χ0n) is 10.2. The second kappa shape index (κ2) is 5.67. The molecule has 0 N–H and O–H groups in total. The SMILES string of the molecule is CC/C=C/C(=O)CCc1ccc2c(c1)CCO2. The Morgan fingerprint density at radius 3 is 3.18 bits per heavy atom. The van der Waals surface area contributed by atoms with Crippen LogP contribution in [0.15, 0.2) is 30.4 Å². The van der Waals surface area contributed by atoms with E-state index in [1.165, 1.54) is 11.1 Å². The Morgan fingerprint density at radius 1 is 1.47 bits per heavy atom. The van der Waals surface area contributed by atoms with Gasteiger partial charge in [-0.1, -0.05) is 25.1 Å². The highest BCUT2D eigenvalue weighted by Crippen LogP contribution is 2.26. The summed E-state index contributed by atoms with van der Waals surface area (Å²) in [4.78, 5) is 11.5. The summed E-state index contributed by atoms with van der Waals surface area (Å²) in [6, 6.07) is 6.24. The highest BCUT2D eigenvalue weighted by molar-refractivity contribution is 5.89. The largest absolute Gasteiger partial charge is 0.493 e. The lowest BCUT2D eigenvalue weighted by Gasteiger charge is -2.02. The molecule has 0 aromatic heterocycles. The topological polar surface area (TPSA) is 26.3 Å². The van der Waals surface area contributed by atoms with Gasteiger partial charge in [-0.3, -0.25) is 4.79 Å². The predicted molar refractivity (Wildman–Crippen MR) is 68.4 cm³/mol. The lowest BCUT2D eigenvalue weighted by Crippen LogP contribution is -1.96. The average molecular weight is 230 g/mol. The van der Waals surface area contributed by atoms with E-state index in [0.717, 1.165) is 31.6 Å². The molecule has 0 bridgehead atoms. The zero-order valence-corrected chi connectivity index (χ0v) is 10.2. The van der Waals surface area contributed by atoms with Gasteiger partial charge in [0, 0.05) is 12.8 Å². The molecule has 1 aliphatic rings. The van der Waals surface area contributed by atoms with Crippen molar-refractivity contribution in [3.05, 3.63) is 41.5 Å². The average Bonchev–Trinajstić information content (AvgIpc) is 2.81. The summed E-state index contributed by atoms with van der Waals surface area (Å²) in [7, 11) is 0. The van der Waals surface area contributed by atoms with Crippen LogP contribution in [0.1, 0.15) is 30.9 Å². The third-order valence-electron chi connectivity index (χ3n) is 2.95. The summed E-state index contributed by atoms with van der Waals surface area (Å²) in [5, 5.41) is 0. The van der Waals surface area contributed by atoms with Gasteiger partial charge >= 0.3 is 0 Å². The van der Waals surface area contributed by atoms with E-state index in [4.69, 9.17) is 4.74 Å². The molecule has 2 rings (SSSR count). The molecule has 0 saturated heterocycles. The number of carbonyl (C=O) groups is 1. The number of fused-ring (bicyclic) bond motifs is 1. The van der Waals surface area contributed by atoms with Gasteiger partial charge in [-0.05, 0) is 36.1 Å². The van der Waals surface area contributed by atoms with Gasteiger partial charge in [0.1, 0.15) is 5.75 Å². The Bertz CT molecular complexity index is 433. The first-order chi connectivity index (χ1) is 8.29. The lowest BCUT2D eigenvalue weighted by molar-refractivity contribution is -0.114. The van der Waals surface area contributed by atoms with Crippen LogP contribution >= 0.6 is 0 Å². The van der Waals surface area contributed by atoms with E-state index < -0.39 is 0 Å². The van der Waals surface area contributed by atoms with E-state index in [1.54, 1.807) is 6.08 Å². The predicted octanol–water partition coefficient (Wildman–Crippen LogP) is 3.09. The molecular weight excluding hydrogens is 212 g/mol. The fraction of sp³-hybridized carbons (Fsp3) is 0.400. The van der Waals surface area contributed by atoms with Crippen molar-refractivity contribution in [3.63, 3.8) is 0 Å². The van der Waals surface area contributed by atoms with Crippen LogP contribution in [0, 0.1) is 0 Å². The van der Waals surface area contributed by atoms with Crippen molar-refractivity contribution in [1.29, 1.82) is 0 Å². The van der Waals surface area contributed by atoms with Crippen molar-refractivity contribution in [1.82, 2.24) is 0 Å². The maximum absolute atomic E-state index is 11.5. The van der Waals surface area contributed by atoms with Gasteiger partial charge in [-0.25, -0.2) is 0 Å². The number of hydrogen-bond donors (Lipinski definition) is 0. The summed E-state index contributed by atoms with van der Waals surface area (Å²) in [6.07, 6.45) is 6.93. The Balaban J connectivity index is 1.91. The molecule has 2 nitrogen and oxygen atoms in total. The first-order valence-corrected chi connectivity index (χ1v) is 6.23. The molecule has 1 aliphatic heterocycles. The minimum Gasteiger partial charge on any atom is -0.493 e. The second-order valence-electron chi connectivity index (χ2n) is 4.32. The van der Waals surface area contributed by atoms with Gasteiger partial charge in [-0.15, -0.1) is 0 Å². The van der Waals surface area contributed by atoms with Crippen LogP contribution in [0.25, 0.3) is 0 Å². The third-order valence-corrected chi connectivity index (χ3v) is 2.95. The maximum Gasteiger partial charge on any atom is 0.155 e. The van der Waals surface area contributed by atoms with E-state index in [9.17, 15) is 4.79 Å². The molecule has 0 fully saturated rings. The molecule has 0 atom stereocenters. The third kappa shape index (κ3) is 3.19. The highest BCUT2D eigenvalue weighted by atomic mass is 16.5. The Kier molecular flexibility index (Phi) is 3.97. The van der Waals surface area contributed by atoms with Crippen LogP contribution in [-0.2, 0) is 17.6 Å². The Labute approximate surface area is 102 Å². The quantitative estimate of drug-likeness (QED) is 0.727. The fourth-order valence-corrected chi connectivity index (χ4v) is 2.00. The van der Waals surface area contributed by atoms with Gasteiger partial charge in [0.15, 0.2) is 5.78 Å². The molecule has 0 saturated carbocycles. The van der Waals surface area contributed by atoms with Crippen molar-refractivity contribution in [3.8, 4) is 5.75 Å². The number of carbonyl (C=O) groups excluding carboxylic acids is 1. The number of hydrogen-bond acceptors (Lipinski definition) is 2. The van der Waals surface area contributed by atoms with Crippen molar-refractivity contribution in [2.45, 2.75) is 32.6 Å². The summed E-state index contributed by atoms with van der Waals surface area (Å²) >= 11 is 0. The Hall–Kier alpha value is -1.57. The molecule has 0 unspecified atom stereocenters. The molecule has 0 amide bonds. The molecule has 1 heterocycles. The number of aryl methyl sites for hydroxylation is 1. The molecule has 90 valence electrons. The number of rotatable bonds is 5. The van der Waals surface area contributed by atoms with Gasteiger partial charge in [0.25, 0.3) is 0 Å². The number of ether oxygens (including phenoxy) is 1. The molecule has 0 radical (unpaired) electrons. The number of benzene rings is 1. The van der Waals surface area contributed by atoms with Crippen molar-refractivity contribution < 1.29 is 9.53 Å². The first kappa shape index (κ1) is 11.9. The second-order valence-corrected chi connectivity index (χ2v) is 4.32. The van der Waals surface area contributed by atoms with Crippen LogP contribution in [0.5, 0.6) is 5.75 Å². The summed E-state index contributed by atoms with van der Waals surface area (Å²) in [5.41, 5.74) is 2.51. The number of allylic oxidation sites excluding steroid dienone is 2. The van der Waals surface area contributed by atoms with Gasteiger partial charge < -0.3 is 4.74 Å². The van der Waals surface area contributed by atoms with Crippen molar-refractivity contribution >= 4 is 5.78 Å². The summed E-state index contributed by atoms with van der Waals surface area (Å²) in [6.45, 7) is 2.82. The molecule has 17 heavy (non-hydrogen) atoms. The van der Waals surface area contributed by atoms with Crippen molar-refractivity contribution in [2.75, 3.05) is 6.61 Å². The smallest absolute Gasteiger partial charge is 0.155 e. The first-order valence-electron chi connectivity index (χ1n) is 6.23. The number of ketones is 1. The van der Waals surface area contributed by atoms with Crippen LogP contribution < -0.4 is 4.74 Å². The lowest BCUT2D eigenvalue weighted by atomic mass is 10.0. The molecule has 2 heteroatoms. The van der Waals surface area contributed by atoms with E-state index in [2.05, 4.69) is 12.1 Å². The van der Waals surface area contributed by atoms with Crippen molar-refractivity contribution in [2.24, 2.45) is 0 Å². The summed E-state index contributed by atoms with van der Waals surface area (Å²) < 4.78 is 5.45. The molecule has 0 spiro atoms. The van der Waals surface area contributed by atoms with Crippen LogP contribution in [0.3, 0.4) is 0 Å². The molecule has 0 aliphatic carbocycles. The Morgan fingerprint density at radius 2 is 2.35 bits per heavy atom. The van der Waals surface area contributed by atoms with Crippen LogP contribution in [0.2, 0.25) is 0 Å².